The smallest absolute Gasteiger partial charge is 0.254 e. The number of hydrogen-bond acceptors (Lipinski definition) is 4. The number of likely N-dealkylation sites (N-methyl/N-ethyl adjacent to an activating group) is 1. The Bertz CT molecular complexity index is 729. The van der Waals surface area contributed by atoms with Crippen LogP contribution in [-0.4, -0.2) is 53.3 Å². The van der Waals surface area contributed by atoms with Gasteiger partial charge >= 0.3 is 0 Å². The van der Waals surface area contributed by atoms with Crippen LogP contribution in [0.1, 0.15) is 21.6 Å². The van der Waals surface area contributed by atoms with E-state index in [0.717, 1.165) is 22.2 Å². The summed E-state index contributed by atoms with van der Waals surface area (Å²) in [7, 11) is 1.71. The van der Waals surface area contributed by atoms with Crippen molar-refractivity contribution >= 4 is 16.8 Å². The molecule has 0 aliphatic carbocycles. The van der Waals surface area contributed by atoms with Gasteiger partial charge in [-0.3, -0.25) is 9.78 Å². The van der Waals surface area contributed by atoms with Crippen molar-refractivity contribution in [2.45, 2.75) is 26.0 Å². The molecule has 0 unspecified atom stereocenters. The van der Waals surface area contributed by atoms with Crippen molar-refractivity contribution in [1.82, 2.24) is 9.88 Å². The first-order chi connectivity index (χ1) is 10.5. The van der Waals surface area contributed by atoms with E-state index in [2.05, 4.69) is 4.98 Å². The first-order valence-corrected chi connectivity index (χ1v) is 7.39. The number of aliphatic hydroxyl groups excluding tert-OH is 1. The van der Waals surface area contributed by atoms with Crippen molar-refractivity contribution in [3.05, 3.63) is 41.1 Å². The summed E-state index contributed by atoms with van der Waals surface area (Å²) in [6.07, 6.45) is -0.634. The molecule has 0 spiro atoms. The van der Waals surface area contributed by atoms with Crippen LogP contribution in [0.25, 0.3) is 10.9 Å². The second-order valence-corrected chi connectivity index (χ2v) is 5.87. The SMILES string of the molecule is Cc1cc(C(=O)N(C)[C@@H]2COC[C@H]2O)c2cccc(C)c2n1. The van der Waals surface area contributed by atoms with E-state index in [1.807, 2.05) is 38.1 Å². The fourth-order valence-corrected chi connectivity index (χ4v) is 2.94. The molecule has 1 aliphatic rings. The molecule has 1 aromatic heterocycles. The highest BCUT2D eigenvalue weighted by molar-refractivity contribution is 6.06. The molecule has 2 atom stereocenters. The number of amides is 1. The third-order valence-electron chi connectivity index (χ3n) is 4.24. The zero-order valence-corrected chi connectivity index (χ0v) is 13.0. The van der Waals surface area contributed by atoms with Crippen LogP contribution in [0, 0.1) is 13.8 Å². The summed E-state index contributed by atoms with van der Waals surface area (Å²) < 4.78 is 5.25. The second-order valence-electron chi connectivity index (χ2n) is 5.87. The van der Waals surface area contributed by atoms with Crippen LogP contribution in [0.15, 0.2) is 24.3 Å². The molecule has 5 heteroatoms. The Balaban J connectivity index is 2.05. The van der Waals surface area contributed by atoms with Crippen LogP contribution in [-0.2, 0) is 4.74 Å². The van der Waals surface area contributed by atoms with Gasteiger partial charge in [0.05, 0.1) is 36.4 Å². The summed E-state index contributed by atoms with van der Waals surface area (Å²) >= 11 is 0. The molecule has 1 amide bonds. The number of nitrogens with zero attached hydrogens (tertiary/aromatic N) is 2. The lowest BCUT2D eigenvalue weighted by Gasteiger charge is -2.26. The molecule has 1 aromatic carbocycles. The highest BCUT2D eigenvalue weighted by atomic mass is 16.5. The van der Waals surface area contributed by atoms with Crippen LogP contribution >= 0.6 is 0 Å². The van der Waals surface area contributed by atoms with Crippen molar-refractivity contribution in [3.63, 3.8) is 0 Å². The Labute approximate surface area is 129 Å². The van der Waals surface area contributed by atoms with Crippen LogP contribution in [0.2, 0.25) is 0 Å². The van der Waals surface area contributed by atoms with Crippen LogP contribution in [0.4, 0.5) is 0 Å². The molecule has 2 heterocycles. The highest BCUT2D eigenvalue weighted by Crippen LogP contribution is 2.24. The fraction of sp³-hybridized carbons (Fsp3) is 0.412. The van der Waals surface area contributed by atoms with Gasteiger partial charge in [0.15, 0.2) is 0 Å². The second kappa shape index (κ2) is 5.66. The van der Waals surface area contributed by atoms with E-state index in [1.54, 1.807) is 11.9 Å². The van der Waals surface area contributed by atoms with E-state index >= 15 is 0 Å². The number of aliphatic hydroxyl groups is 1. The van der Waals surface area contributed by atoms with Gasteiger partial charge in [0.2, 0.25) is 0 Å². The van der Waals surface area contributed by atoms with E-state index in [-0.39, 0.29) is 18.6 Å². The molecule has 2 aromatic rings. The molecule has 0 bridgehead atoms. The number of rotatable bonds is 2. The van der Waals surface area contributed by atoms with Gasteiger partial charge in [-0.15, -0.1) is 0 Å². The van der Waals surface area contributed by atoms with Gasteiger partial charge in [0, 0.05) is 18.1 Å². The molecular formula is C17H20N2O3. The number of carbonyl (C=O) groups excluding carboxylic acids is 1. The van der Waals surface area contributed by atoms with E-state index in [1.165, 1.54) is 0 Å². The minimum Gasteiger partial charge on any atom is -0.388 e. The molecule has 0 radical (unpaired) electrons. The lowest BCUT2D eigenvalue weighted by atomic mass is 10.0. The topological polar surface area (TPSA) is 62.7 Å². The van der Waals surface area contributed by atoms with Gasteiger partial charge in [0.1, 0.15) is 0 Å². The van der Waals surface area contributed by atoms with Crippen LogP contribution < -0.4 is 0 Å². The van der Waals surface area contributed by atoms with Crippen molar-refractivity contribution in [2.24, 2.45) is 0 Å². The zero-order valence-electron chi connectivity index (χ0n) is 13.0. The number of ether oxygens (including phenoxy) is 1. The third kappa shape index (κ3) is 2.46. The predicted octanol–water partition coefficient (Wildman–Crippen LogP) is 1.68. The highest BCUT2D eigenvalue weighted by Gasteiger charge is 2.33. The number of pyridine rings is 1. The van der Waals surface area contributed by atoms with Crippen molar-refractivity contribution in [2.75, 3.05) is 20.3 Å². The van der Waals surface area contributed by atoms with Gasteiger partial charge in [-0.2, -0.15) is 0 Å². The maximum absolute atomic E-state index is 12.9. The van der Waals surface area contributed by atoms with Gasteiger partial charge in [-0.1, -0.05) is 18.2 Å². The number of hydrogen-bond donors (Lipinski definition) is 1. The predicted molar refractivity (Wildman–Crippen MR) is 83.9 cm³/mol. The van der Waals surface area contributed by atoms with E-state index in [4.69, 9.17) is 4.74 Å². The molecular weight excluding hydrogens is 280 g/mol. The number of carbonyl (C=O) groups is 1. The first kappa shape index (κ1) is 14.9. The monoisotopic (exact) mass is 300 g/mol. The number of para-hydroxylation sites is 1. The molecule has 1 N–H and O–H groups in total. The summed E-state index contributed by atoms with van der Waals surface area (Å²) in [6, 6.07) is 7.33. The van der Waals surface area contributed by atoms with Gasteiger partial charge in [-0.05, 0) is 25.5 Å². The quantitative estimate of drug-likeness (QED) is 0.916. The van der Waals surface area contributed by atoms with Crippen LogP contribution in [0.5, 0.6) is 0 Å². The Morgan fingerprint density at radius 3 is 2.82 bits per heavy atom. The molecule has 1 saturated heterocycles. The standard InChI is InChI=1S/C17H20N2O3/c1-10-5-4-6-12-13(7-11(2)18-16(10)12)17(21)19(3)14-8-22-9-15(14)20/h4-7,14-15,20H,8-9H2,1-3H3/t14-,15-/m1/s1. The number of benzene rings is 1. The minimum atomic E-state index is -0.634. The Kier molecular flexibility index (Phi) is 3.85. The number of aromatic nitrogens is 1. The zero-order chi connectivity index (χ0) is 15.9. The van der Waals surface area contributed by atoms with E-state index in [9.17, 15) is 9.90 Å². The summed E-state index contributed by atoms with van der Waals surface area (Å²) in [6.45, 7) is 4.51. The molecule has 1 aliphatic heterocycles. The summed E-state index contributed by atoms with van der Waals surface area (Å²) in [4.78, 5) is 19.0. The Morgan fingerprint density at radius 2 is 2.14 bits per heavy atom. The molecule has 5 nitrogen and oxygen atoms in total. The molecule has 22 heavy (non-hydrogen) atoms. The number of fused-ring (bicyclic) bond motifs is 1. The van der Waals surface area contributed by atoms with Gasteiger partial charge in [0.25, 0.3) is 5.91 Å². The molecule has 3 rings (SSSR count). The van der Waals surface area contributed by atoms with Gasteiger partial charge in [-0.25, -0.2) is 0 Å². The van der Waals surface area contributed by atoms with Crippen molar-refractivity contribution in [1.29, 1.82) is 0 Å². The average molecular weight is 300 g/mol. The maximum Gasteiger partial charge on any atom is 0.254 e. The minimum absolute atomic E-state index is 0.115. The van der Waals surface area contributed by atoms with Crippen molar-refractivity contribution < 1.29 is 14.6 Å². The summed E-state index contributed by atoms with van der Waals surface area (Å²) in [5.41, 5.74) is 3.32. The summed E-state index contributed by atoms with van der Waals surface area (Å²) in [5.74, 6) is -0.115. The molecule has 1 fully saturated rings. The molecule has 0 saturated carbocycles. The van der Waals surface area contributed by atoms with Gasteiger partial charge < -0.3 is 14.7 Å². The number of aryl methyl sites for hydroxylation is 2. The van der Waals surface area contributed by atoms with E-state index in [0.29, 0.717) is 12.2 Å². The van der Waals surface area contributed by atoms with Crippen molar-refractivity contribution in [3.8, 4) is 0 Å². The van der Waals surface area contributed by atoms with Crippen LogP contribution in [0.3, 0.4) is 0 Å². The maximum atomic E-state index is 12.9. The Hall–Kier alpha value is -1.98. The first-order valence-electron chi connectivity index (χ1n) is 7.39. The summed E-state index contributed by atoms with van der Waals surface area (Å²) in [5, 5.41) is 10.8. The lowest BCUT2D eigenvalue weighted by Crippen LogP contribution is -2.44. The lowest BCUT2D eigenvalue weighted by molar-refractivity contribution is 0.0583. The fourth-order valence-electron chi connectivity index (χ4n) is 2.94. The normalized spacial score (nSPS) is 21.3. The molecule has 116 valence electrons. The Morgan fingerprint density at radius 1 is 1.36 bits per heavy atom. The average Bonchev–Trinajstić information content (AvgIpc) is 2.92. The largest absolute Gasteiger partial charge is 0.388 e. The van der Waals surface area contributed by atoms with E-state index < -0.39 is 6.10 Å². The third-order valence-corrected chi connectivity index (χ3v) is 4.24.